The van der Waals surface area contributed by atoms with Gasteiger partial charge in [0.1, 0.15) is 0 Å². The third-order valence-electron chi connectivity index (χ3n) is 4.67. The van der Waals surface area contributed by atoms with Gasteiger partial charge in [0.2, 0.25) is 0 Å². The quantitative estimate of drug-likeness (QED) is 0.507. The van der Waals surface area contributed by atoms with E-state index in [1.807, 2.05) is 0 Å². The molecule has 3 rings (SSSR count). The second-order valence-electron chi connectivity index (χ2n) is 5.83. The average Bonchev–Trinajstić information content (AvgIpc) is 1.93. The van der Waals surface area contributed by atoms with Crippen LogP contribution in [0, 0.1) is 22.7 Å². The normalized spacial score (nSPS) is 48.2. The van der Waals surface area contributed by atoms with Gasteiger partial charge >= 0.3 is 0 Å². The van der Waals surface area contributed by atoms with Gasteiger partial charge in [0, 0.05) is 5.38 Å². The van der Waals surface area contributed by atoms with E-state index in [1.165, 1.54) is 12.8 Å². The van der Waals surface area contributed by atoms with Crippen molar-refractivity contribution in [2.45, 2.75) is 45.9 Å². The lowest BCUT2D eigenvalue weighted by atomic mass is 9.41. The van der Waals surface area contributed by atoms with E-state index in [2.05, 4.69) is 27.7 Å². The van der Waals surface area contributed by atoms with Crippen LogP contribution >= 0.6 is 11.6 Å². The molecule has 0 nitrogen and oxygen atoms in total. The Labute approximate surface area is 80.7 Å². The lowest BCUT2D eigenvalue weighted by Gasteiger charge is -2.65. The molecule has 2 unspecified atom stereocenters. The lowest BCUT2D eigenvalue weighted by molar-refractivity contribution is -0.139. The molecule has 0 amide bonds. The predicted octanol–water partition coefficient (Wildman–Crippen LogP) is 3.69. The third-order valence-corrected chi connectivity index (χ3v) is 5.41. The van der Waals surface area contributed by atoms with Crippen LogP contribution in [0.1, 0.15) is 40.5 Å². The highest BCUT2D eigenvalue weighted by atomic mass is 35.5. The first-order valence-electron chi connectivity index (χ1n) is 5.01. The third kappa shape index (κ3) is 0.852. The summed E-state index contributed by atoms with van der Waals surface area (Å²) in [6.07, 6.45) is 2.65. The van der Waals surface area contributed by atoms with Gasteiger partial charge in [-0.2, -0.15) is 0 Å². The molecule has 0 aromatic carbocycles. The first kappa shape index (κ1) is 8.87. The van der Waals surface area contributed by atoms with Gasteiger partial charge in [-0.1, -0.05) is 27.7 Å². The maximum atomic E-state index is 6.36. The van der Waals surface area contributed by atoms with E-state index >= 15 is 0 Å². The lowest BCUT2D eigenvalue weighted by Crippen LogP contribution is -2.60. The number of rotatable bonds is 0. The largest absolute Gasteiger partial charge is 0.122 e. The van der Waals surface area contributed by atoms with Gasteiger partial charge in [-0.3, -0.25) is 0 Å². The van der Waals surface area contributed by atoms with Gasteiger partial charge in [-0.25, -0.2) is 0 Å². The average molecular weight is 187 g/mol. The maximum Gasteiger partial charge on any atom is 0.0392 e. The summed E-state index contributed by atoms with van der Waals surface area (Å²) in [6.45, 7) is 9.51. The van der Waals surface area contributed by atoms with Gasteiger partial charge in [0.25, 0.3) is 0 Å². The summed E-state index contributed by atoms with van der Waals surface area (Å²) in [5.41, 5.74) is 0.925. The second kappa shape index (κ2) is 2.20. The molecular weight excluding hydrogens is 168 g/mol. The summed E-state index contributed by atoms with van der Waals surface area (Å²) < 4.78 is 0. The summed E-state index contributed by atoms with van der Waals surface area (Å²) in [6, 6.07) is 0. The first-order chi connectivity index (χ1) is 5.37. The molecular formula is C11H19Cl. The summed E-state index contributed by atoms with van der Waals surface area (Å²) in [5, 5.41) is 0.411. The Balaban J connectivity index is 2.27. The molecule has 3 aliphatic carbocycles. The van der Waals surface area contributed by atoms with Crippen molar-refractivity contribution in [2.24, 2.45) is 22.7 Å². The minimum atomic E-state index is 0.361. The smallest absolute Gasteiger partial charge is 0.0392 e. The molecule has 0 aromatic heterocycles. The van der Waals surface area contributed by atoms with Crippen LogP contribution in [0.3, 0.4) is 0 Å². The van der Waals surface area contributed by atoms with Gasteiger partial charge in [-0.05, 0) is 35.5 Å². The fourth-order valence-electron chi connectivity index (χ4n) is 3.45. The standard InChI is InChI=1S/C11H19Cl/c1-10(2)7-5-8(10)11(3,4)9(12)6-7/h7-9H,5-6H2,1-4H3/t7?,8?,9-/m1/s1. The molecule has 1 heteroatoms. The van der Waals surface area contributed by atoms with Gasteiger partial charge in [0.15, 0.2) is 0 Å². The molecule has 3 atom stereocenters. The highest BCUT2D eigenvalue weighted by Gasteiger charge is 2.60. The molecule has 3 aliphatic rings. The van der Waals surface area contributed by atoms with E-state index in [0.717, 1.165) is 11.8 Å². The summed E-state index contributed by atoms with van der Waals surface area (Å²) >= 11 is 6.36. The van der Waals surface area contributed by atoms with Crippen molar-refractivity contribution < 1.29 is 0 Å². The summed E-state index contributed by atoms with van der Waals surface area (Å²) in [4.78, 5) is 0. The molecule has 0 spiro atoms. The number of halogens is 1. The van der Waals surface area contributed by atoms with Crippen LogP contribution in [0.25, 0.3) is 0 Å². The Morgan fingerprint density at radius 1 is 1.00 bits per heavy atom. The topological polar surface area (TPSA) is 0 Å². The van der Waals surface area contributed by atoms with E-state index in [-0.39, 0.29) is 0 Å². The van der Waals surface area contributed by atoms with Gasteiger partial charge in [0.05, 0.1) is 0 Å². The zero-order valence-electron chi connectivity index (χ0n) is 8.52. The molecule has 0 aromatic rings. The Hall–Kier alpha value is 0.290. The molecule has 70 valence electrons. The Morgan fingerprint density at radius 3 is 1.92 bits per heavy atom. The van der Waals surface area contributed by atoms with Gasteiger partial charge in [-0.15, -0.1) is 11.6 Å². The monoisotopic (exact) mass is 186 g/mol. The van der Waals surface area contributed by atoms with Crippen molar-refractivity contribution in [1.29, 1.82) is 0 Å². The van der Waals surface area contributed by atoms with Crippen molar-refractivity contribution >= 4 is 11.6 Å². The molecule has 0 saturated heterocycles. The maximum absolute atomic E-state index is 6.36. The fourth-order valence-corrected chi connectivity index (χ4v) is 3.82. The minimum absolute atomic E-state index is 0.361. The summed E-state index contributed by atoms with van der Waals surface area (Å²) in [7, 11) is 0. The van der Waals surface area contributed by atoms with E-state index in [9.17, 15) is 0 Å². The molecule has 0 N–H and O–H groups in total. The zero-order chi connectivity index (χ0) is 9.15. The first-order valence-corrected chi connectivity index (χ1v) is 5.44. The van der Waals surface area contributed by atoms with Gasteiger partial charge < -0.3 is 0 Å². The predicted molar refractivity (Wildman–Crippen MR) is 53.4 cm³/mol. The zero-order valence-corrected chi connectivity index (χ0v) is 9.28. The Morgan fingerprint density at radius 2 is 1.58 bits per heavy atom. The molecule has 3 fully saturated rings. The molecule has 0 radical (unpaired) electrons. The fraction of sp³-hybridized carbons (Fsp3) is 1.00. The van der Waals surface area contributed by atoms with Crippen LogP contribution in [-0.2, 0) is 0 Å². The van der Waals surface area contributed by atoms with Crippen LogP contribution in [0.2, 0.25) is 0 Å². The second-order valence-corrected chi connectivity index (χ2v) is 6.36. The SMILES string of the molecule is CC1(C)C2CC1C(C)(C)[C@H](Cl)C2. The van der Waals surface area contributed by atoms with Crippen LogP contribution in [0.5, 0.6) is 0 Å². The minimum Gasteiger partial charge on any atom is -0.122 e. The number of hydrogen-bond acceptors (Lipinski definition) is 0. The Kier molecular flexibility index (Phi) is 1.63. The Bertz CT molecular complexity index is 205. The number of fused-ring (bicyclic) bond motifs is 2. The van der Waals surface area contributed by atoms with E-state index < -0.39 is 0 Å². The molecule has 0 heterocycles. The molecule has 2 bridgehead atoms. The summed E-state index contributed by atoms with van der Waals surface area (Å²) in [5.74, 6) is 1.75. The number of hydrogen-bond donors (Lipinski definition) is 0. The van der Waals surface area contributed by atoms with E-state index in [0.29, 0.717) is 16.2 Å². The van der Waals surface area contributed by atoms with E-state index in [1.54, 1.807) is 0 Å². The van der Waals surface area contributed by atoms with Crippen LogP contribution in [0.15, 0.2) is 0 Å². The van der Waals surface area contributed by atoms with Crippen LogP contribution in [0.4, 0.5) is 0 Å². The highest BCUT2D eigenvalue weighted by Crippen LogP contribution is 2.66. The van der Waals surface area contributed by atoms with Crippen molar-refractivity contribution in [3.8, 4) is 0 Å². The van der Waals surface area contributed by atoms with Crippen molar-refractivity contribution in [1.82, 2.24) is 0 Å². The van der Waals surface area contributed by atoms with Crippen molar-refractivity contribution in [3.05, 3.63) is 0 Å². The van der Waals surface area contributed by atoms with Crippen LogP contribution < -0.4 is 0 Å². The molecule has 3 saturated carbocycles. The van der Waals surface area contributed by atoms with Crippen molar-refractivity contribution in [3.63, 3.8) is 0 Å². The number of alkyl halides is 1. The highest BCUT2D eigenvalue weighted by molar-refractivity contribution is 6.21. The van der Waals surface area contributed by atoms with Crippen LogP contribution in [-0.4, -0.2) is 5.38 Å². The molecule has 0 aliphatic heterocycles. The van der Waals surface area contributed by atoms with E-state index in [4.69, 9.17) is 11.6 Å². The van der Waals surface area contributed by atoms with Crippen molar-refractivity contribution in [2.75, 3.05) is 0 Å². The molecule has 12 heavy (non-hydrogen) atoms.